The van der Waals surface area contributed by atoms with E-state index in [1.165, 1.54) is 24.3 Å². The van der Waals surface area contributed by atoms with E-state index in [0.29, 0.717) is 10.9 Å². The quantitative estimate of drug-likeness (QED) is 0.876. The van der Waals surface area contributed by atoms with Crippen LogP contribution in [0.3, 0.4) is 0 Å². The largest absolute Gasteiger partial charge is 0.387 e. The van der Waals surface area contributed by atoms with Gasteiger partial charge in [-0.15, -0.1) is 0 Å². The second-order valence-corrected chi connectivity index (χ2v) is 7.34. The molecule has 20 heavy (non-hydrogen) atoms. The van der Waals surface area contributed by atoms with E-state index in [9.17, 15) is 5.11 Å². The van der Waals surface area contributed by atoms with Gasteiger partial charge in [-0.1, -0.05) is 11.6 Å². The predicted molar refractivity (Wildman–Crippen MR) is 85.4 cm³/mol. The highest BCUT2D eigenvalue weighted by Crippen LogP contribution is 2.33. The van der Waals surface area contributed by atoms with Crippen LogP contribution in [-0.2, 0) is 6.54 Å². The monoisotopic (exact) mass is 317 g/mol. The van der Waals surface area contributed by atoms with Gasteiger partial charge in [-0.2, -0.15) is 16.9 Å². The first-order chi connectivity index (χ1) is 9.58. The number of aliphatic hydroxyl groups excluding tert-OH is 1. The van der Waals surface area contributed by atoms with Crippen molar-refractivity contribution in [3.8, 4) is 0 Å². The topological polar surface area (TPSA) is 41.3 Å². The minimum Gasteiger partial charge on any atom is -0.387 e. The Hall–Kier alpha value is -0.230. The summed E-state index contributed by atoms with van der Waals surface area (Å²) in [4.78, 5) is 2.10. The average Bonchev–Trinajstić information content (AvgIpc) is 2.78. The molecule has 0 bridgehead atoms. The van der Waals surface area contributed by atoms with Gasteiger partial charge in [-0.05, 0) is 50.8 Å². The van der Waals surface area contributed by atoms with E-state index in [4.69, 9.17) is 11.6 Å². The van der Waals surface area contributed by atoms with Crippen LogP contribution in [0.2, 0.25) is 5.02 Å². The zero-order chi connectivity index (χ0) is 14.5. The number of aliphatic hydroxyl groups is 1. The standard InChI is InChI=1S/C14H24ClN3OS/c1-17(2)5-6-18-14(12(15)10-16-18)13(19)9-11-3-7-20-8-4-11/h10-11,13,19H,3-9H2,1-2H3. The Morgan fingerprint density at radius 2 is 2.20 bits per heavy atom. The van der Waals surface area contributed by atoms with Crippen molar-refractivity contribution in [3.63, 3.8) is 0 Å². The van der Waals surface area contributed by atoms with Gasteiger partial charge in [0.1, 0.15) is 0 Å². The van der Waals surface area contributed by atoms with Crippen LogP contribution in [-0.4, -0.2) is 51.9 Å². The van der Waals surface area contributed by atoms with Gasteiger partial charge in [-0.3, -0.25) is 4.68 Å². The van der Waals surface area contributed by atoms with Gasteiger partial charge in [0.25, 0.3) is 0 Å². The van der Waals surface area contributed by atoms with Gasteiger partial charge in [0, 0.05) is 6.54 Å². The number of aromatic nitrogens is 2. The highest BCUT2D eigenvalue weighted by atomic mass is 35.5. The molecule has 114 valence electrons. The molecule has 0 radical (unpaired) electrons. The maximum Gasteiger partial charge on any atom is 0.0974 e. The molecule has 1 N–H and O–H groups in total. The summed E-state index contributed by atoms with van der Waals surface area (Å²) in [5.74, 6) is 3.04. The average molecular weight is 318 g/mol. The zero-order valence-corrected chi connectivity index (χ0v) is 13.8. The van der Waals surface area contributed by atoms with Crippen LogP contribution >= 0.6 is 23.4 Å². The molecule has 1 aromatic heterocycles. The van der Waals surface area contributed by atoms with Crippen LogP contribution in [0.25, 0.3) is 0 Å². The van der Waals surface area contributed by atoms with Gasteiger partial charge in [-0.25, -0.2) is 0 Å². The third kappa shape index (κ3) is 4.38. The van der Waals surface area contributed by atoms with Crippen LogP contribution < -0.4 is 0 Å². The molecule has 2 rings (SSSR count). The summed E-state index contributed by atoms with van der Waals surface area (Å²) in [6.45, 7) is 1.64. The van der Waals surface area contributed by atoms with E-state index in [1.54, 1.807) is 6.20 Å². The molecule has 4 nitrogen and oxygen atoms in total. The summed E-state index contributed by atoms with van der Waals surface area (Å²) in [7, 11) is 4.06. The van der Waals surface area contributed by atoms with Crippen molar-refractivity contribution in [2.24, 2.45) is 5.92 Å². The summed E-state index contributed by atoms with van der Waals surface area (Å²) in [5.41, 5.74) is 0.784. The minimum atomic E-state index is -0.500. The van der Waals surface area contributed by atoms with Gasteiger partial charge in [0.05, 0.1) is 29.6 Å². The highest BCUT2D eigenvalue weighted by Gasteiger charge is 2.23. The highest BCUT2D eigenvalue weighted by molar-refractivity contribution is 7.99. The fourth-order valence-corrected chi connectivity index (χ4v) is 4.06. The summed E-state index contributed by atoms with van der Waals surface area (Å²) in [6.07, 6.45) is 4.34. The smallest absolute Gasteiger partial charge is 0.0974 e. The number of likely N-dealkylation sites (N-methyl/N-ethyl adjacent to an activating group) is 1. The Morgan fingerprint density at radius 3 is 2.85 bits per heavy atom. The molecular formula is C14H24ClN3OS. The lowest BCUT2D eigenvalue weighted by Gasteiger charge is -2.24. The van der Waals surface area contributed by atoms with Gasteiger partial charge < -0.3 is 10.0 Å². The molecule has 6 heteroatoms. The first kappa shape index (κ1) is 16.1. The number of nitrogens with zero attached hydrogens (tertiary/aromatic N) is 3. The van der Waals surface area contributed by atoms with E-state index in [1.807, 2.05) is 30.5 Å². The second kappa shape index (κ2) is 7.69. The van der Waals surface area contributed by atoms with Crippen molar-refractivity contribution in [1.82, 2.24) is 14.7 Å². The number of thioether (sulfide) groups is 1. The molecule has 0 spiro atoms. The Balaban J connectivity index is 2.00. The predicted octanol–water partition coefficient (Wildman–Crippen LogP) is 2.66. The van der Waals surface area contributed by atoms with Crippen molar-refractivity contribution in [2.45, 2.75) is 31.9 Å². The first-order valence-corrected chi connectivity index (χ1v) is 8.73. The van der Waals surface area contributed by atoms with Gasteiger partial charge in [0.2, 0.25) is 0 Å². The molecule has 1 aliphatic rings. The number of halogens is 1. The molecular weight excluding hydrogens is 294 g/mol. The number of hydrogen-bond donors (Lipinski definition) is 1. The van der Waals surface area contributed by atoms with E-state index in [2.05, 4.69) is 10.00 Å². The van der Waals surface area contributed by atoms with Crippen LogP contribution in [0.5, 0.6) is 0 Å². The third-order valence-electron chi connectivity index (χ3n) is 3.81. The van der Waals surface area contributed by atoms with Gasteiger partial charge >= 0.3 is 0 Å². The first-order valence-electron chi connectivity index (χ1n) is 7.19. The summed E-state index contributed by atoms with van der Waals surface area (Å²) in [6, 6.07) is 0. The summed E-state index contributed by atoms with van der Waals surface area (Å²) in [5, 5.41) is 15.4. The maximum absolute atomic E-state index is 10.5. The molecule has 0 aromatic carbocycles. The Labute approximate surface area is 130 Å². The lowest BCUT2D eigenvalue weighted by atomic mass is 9.94. The van der Waals surface area contributed by atoms with E-state index < -0.39 is 6.10 Å². The van der Waals surface area contributed by atoms with Crippen LogP contribution in [0.1, 0.15) is 31.1 Å². The molecule has 0 saturated carbocycles. The summed E-state index contributed by atoms with van der Waals surface area (Å²) >= 11 is 8.22. The van der Waals surface area contributed by atoms with Crippen LogP contribution in [0, 0.1) is 5.92 Å². The second-order valence-electron chi connectivity index (χ2n) is 5.71. The lowest BCUT2D eigenvalue weighted by Crippen LogP contribution is -2.22. The van der Waals surface area contributed by atoms with Gasteiger partial charge in [0.15, 0.2) is 0 Å². The molecule has 0 aliphatic carbocycles. The lowest BCUT2D eigenvalue weighted by molar-refractivity contribution is 0.130. The van der Waals surface area contributed by atoms with Crippen LogP contribution in [0.15, 0.2) is 6.20 Å². The number of hydrogen-bond acceptors (Lipinski definition) is 4. The van der Waals surface area contributed by atoms with Crippen molar-refractivity contribution in [2.75, 3.05) is 32.1 Å². The molecule has 1 saturated heterocycles. The SMILES string of the molecule is CN(C)CCn1ncc(Cl)c1C(O)CC1CCSCC1. The van der Waals surface area contributed by atoms with E-state index in [-0.39, 0.29) is 0 Å². The van der Waals surface area contributed by atoms with E-state index in [0.717, 1.165) is 25.2 Å². The molecule has 1 aliphatic heterocycles. The van der Waals surface area contributed by atoms with Crippen molar-refractivity contribution in [1.29, 1.82) is 0 Å². The zero-order valence-electron chi connectivity index (χ0n) is 12.3. The molecule has 1 aromatic rings. The Kier molecular flexibility index (Phi) is 6.20. The molecule has 1 fully saturated rings. The summed E-state index contributed by atoms with van der Waals surface area (Å²) < 4.78 is 1.85. The van der Waals surface area contributed by atoms with Crippen molar-refractivity contribution >= 4 is 23.4 Å². The molecule has 2 heterocycles. The Bertz CT molecular complexity index is 419. The van der Waals surface area contributed by atoms with E-state index >= 15 is 0 Å². The molecule has 1 atom stereocenters. The molecule has 0 amide bonds. The minimum absolute atomic E-state index is 0.500. The Morgan fingerprint density at radius 1 is 1.50 bits per heavy atom. The van der Waals surface area contributed by atoms with Crippen molar-refractivity contribution in [3.05, 3.63) is 16.9 Å². The number of rotatable bonds is 6. The van der Waals surface area contributed by atoms with Crippen LogP contribution in [0.4, 0.5) is 0 Å². The maximum atomic E-state index is 10.5. The molecule has 1 unspecified atom stereocenters. The fourth-order valence-electron chi connectivity index (χ4n) is 2.59. The normalized spacial score (nSPS) is 18.6. The fraction of sp³-hybridized carbons (Fsp3) is 0.786. The third-order valence-corrected chi connectivity index (χ3v) is 5.15. The van der Waals surface area contributed by atoms with Crippen molar-refractivity contribution < 1.29 is 5.11 Å².